The van der Waals surface area contributed by atoms with Gasteiger partial charge in [0.05, 0.1) is 0 Å². The smallest absolute Gasteiger partial charge is 0.0469 e. The van der Waals surface area contributed by atoms with E-state index >= 15 is 0 Å². The van der Waals surface area contributed by atoms with Gasteiger partial charge in [0.15, 0.2) is 0 Å². The molecule has 0 radical (unpaired) electrons. The van der Waals surface area contributed by atoms with Gasteiger partial charge in [-0.15, -0.1) is 0 Å². The Hall–Kier alpha value is -0.0800. The van der Waals surface area contributed by atoms with Crippen LogP contribution in [0.2, 0.25) is 0 Å². The molecule has 0 aromatic heterocycles. The summed E-state index contributed by atoms with van der Waals surface area (Å²) in [6.45, 7) is 9.38. The molecule has 2 aliphatic rings. The summed E-state index contributed by atoms with van der Waals surface area (Å²) >= 11 is 0. The highest BCUT2D eigenvalue weighted by atomic mass is 16.5. The van der Waals surface area contributed by atoms with Gasteiger partial charge in [-0.25, -0.2) is 0 Å². The molecule has 2 nitrogen and oxygen atoms in total. The zero-order valence-electron chi connectivity index (χ0n) is 10.2. The van der Waals surface area contributed by atoms with Crippen molar-refractivity contribution in [3.63, 3.8) is 0 Å². The summed E-state index contributed by atoms with van der Waals surface area (Å²) in [5, 5.41) is 0. The molecule has 0 amide bonds. The third-order valence-electron chi connectivity index (χ3n) is 4.02. The van der Waals surface area contributed by atoms with E-state index in [9.17, 15) is 0 Å². The largest absolute Gasteiger partial charge is 0.381 e. The van der Waals surface area contributed by atoms with Gasteiger partial charge in [0.2, 0.25) is 0 Å². The molecule has 88 valence electrons. The van der Waals surface area contributed by atoms with Crippen LogP contribution in [0.5, 0.6) is 0 Å². The Morgan fingerprint density at radius 1 is 1.20 bits per heavy atom. The van der Waals surface area contributed by atoms with Crippen LogP contribution in [-0.4, -0.2) is 37.2 Å². The third kappa shape index (κ3) is 2.94. The van der Waals surface area contributed by atoms with Gasteiger partial charge in [-0.1, -0.05) is 13.8 Å². The van der Waals surface area contributed by atoms with Crippen LogP contribution >= 0.6 is 0 Å². The topological polar surface area (TPSA) is 12.5 Å². The summed E-state index contributed by atoms with van der Waals surface area (Å²) in [6, 6.07) is 0.854. The van der Waals surface area contributed by atoms with Gasteiger partial charge in [-0.05, 0) is 44.1 Å². The summed E-state index contributed by atoms with van der Waals surface area (Å²) in [7, 11) is 0. The van der Waals surface area contributed by atoms with Crippen molar-refractivity contribution in [1.82, 2.24) is 4.90 Å². The lowest BCUT2D eigenvalue weighted by molar-refractivity contribution is 0.0477. The molecule has 0 N–H and O–H groups in total. The van der Waals surface area contributed by atoms with Crippen LogP contribution in [0.4, 0.5) is 0 Å². The molecular formula is C13H25NO. The summed E-state index contributed by atoms with van der Waals surface area (Å²) in [4.78, 5) is 2.74. The van der Waals surface area contributed by atoms with Crippen molar-refractivity contribution in [2.45, 2.75) is 45.6 Å². The van der Waals surface area contributed by atoms with Crippen LogP contribution in [0.3, 0.4) is 0 Å². The maximum Gasteiger partial charge on any atom is 0.0469 e. The fourth-order valence-corrected chi connectivity index (χ4v) is 3.09. The second-order valence-electron chi connectivity index (χ2n) is 5.50. The highest BCUT2D eigenvalue weighted by molar-refractivity contribution is 4.83. The fraction of sp³-hybridized carbons (Fsp3) is 1.00. The molecule has 2 fully saturated rings. The zero-order chi connectivity index (χ0) is 10.7. The summed E-state index contributed by atoms with van der Waals surface area (Å²) in [5.74, 6) is 1.73. The van der Waals surface area contributed by atoms with E-state index in [-0.39, 0.29) is 0 Å². The van der Waals surface area contributed by atoms with Crippen LogP contribution < -0.4 is 0 Å². The molecule has 0 aromatic rings. The normalized spacial score (nSPS) is 30.2. The highest BCUT2D eigenvalue weighted by Crippen LogP contribution is 2.26. The number of hydrogen-bond donors (Lipinski definition) is 0. The van der Waals surface area contributed by atoms with Gasteiger partial charge < -0.3 is 4.74 Å². The van der Waals surface area contributed by atoms with Crippen LogP contribution in [0, 0.1) is 11.8 Å². The van der Waals surface area contributed by atoms with E-state index in [2.05, 4.69) is 18.7 Å². The number of ether oxygens (including phenoxy) is 1. The lowest BCUT2D eigenvalue weighted by atomic mass is 9.97. The third-order valence-corrected chi connectivity index (χ3v) is 4.02. The fourth-order valence-electron chi connectivity index (χ4n) is 3.09. The predicted octanol–water partition coefficient (Wildman–Crippen LogP) is 2.53. The molecule has 0 bridgehead atoms. The quantitative estimate of drug-likeness (QED) is 0.711. The summed E-state index contributed by atoms with van der Waals surface area (Å²) in [6.07, 6.45) is 5.38. The number of likely N-dealkylation sites (tertiary alicyclic amines) is 1. The first-order chi connectivity index (χ1) is 7.27. The van der Waals surface area contributed by atoms with Crippen LogP contribution in [0.1, 0.15) is 39.5 Å². The van der Waals surface area contributed by atoms with Gasteiger partial charge in [0.1, 0.15) is 0 Å². The van der Waals surface area contributed by atoms with Crippen LogP contribution in [-0.2, 0) is 4.74 Å². The van der Waals surface area contributed by atoms with Crippen molar-refractivity contribution >= 4 is 0 Å². The van der Waals surface area contributed by atoms with E-state index in [1.54, 1.807) is 0 Å². The van der Waals surface area contributed by atoms with Gasteiger partial charge in [-0.2, -0.15) is 0 Å². The molecule has 1 unspecified atom stereocenters. The van der Waals surface area contributed by atoms with Crippen molar-refractivity contribution in [3.05, 3.63) is 0 Å². The maximum atomic E-state index is 5.42. The molecule has 2 saturated heterocycles. The Morgan fingerprint density at radius 2 is 1.93 bits per heavy atom. The first kappa shape index (κ1) is 11.4. The monoisotopic (exact) mass is 211 g/mol. The molecule has 1 atom stereocenters. The number of nitrogens with zero attached hydrogens (tertiary/aromatic N) is 1. The van der Waals surface area contributed by atoms with Crippen molar-refractivity contribution in [2.75, 3.05) is 26.3 Å². The maximum absolute atomic E-state index is 5.42. The molecule has 0 aliphatic carbocycles. The minimum Gasteiger partial charge on any atom is -0.381 e. The van der Waals surface area contributed by atoms with E-state index in [0.717, 1.165) is 31.1 Å². The second kappa shape index (κ2) is 5.31. The zero-order valence-corrected chi connectivity index (χ0v) is 10.2. The summed E-state index contributed by atoms with van der Waals surface area (Å²) < 4.78 is 5.42. The average molecular weight is 211 g/mol. The van der Waals surface area contributed by atoms with E-state index in [1.807, 2.05) is 0 Å². The molecule has 2 heteroatoms. The van der Waals surface area contributed by atoms with Crippen LogP contribution in [0.15, 0.2) is 0 Å². The second-order valence-corrected chi connectivity index (χ2v) is 5.50. The SMILES string of the molecule is CC(C)C1CCCN1CC1CCOCC1. The Balaban J connectivity index is 1.81. The molecular weight excluding hydrogens is 186 g/mol. The Labute approximate surface area is 94.0 Å². The van der Waals surface area contributed by atoms with Gasteiger partial charge in [0, 0.05) is 25.8 Å². The Kier molecular flexibility index (Phi) is 4.04. The molecule has 0 spiro atoms. The molecule has 2 heterocycles. The molecule has 2 aliphatic heterocycles. The van der Waals surface area contributed by atoms with Gasteiger partial charge in [0.25, 0.3) is 0 Å². The molecule has 0 aromatic carbocycles. The predicted molar refractivity (Wildman–Crippen MR) is 63.0 cm³/mol. The van der Waals surface area contributed by atoms with E-state index in [0.29, 0.717) is 0 Å². The van der Waals surface area contributed by atoms with Crippen molar-refractivity contribution < 1.29 is 4.74 Å². The van der Waals surface area contributed by atoms with Crippen molar-refractivity contribution in [1.29, 1.82) is 0 Å². The molecule has 15 heavy (non-hydrogen) atoms. The van der Waals surface area contributed by atoms with Gasteiger partial charge >= 0.3 is 0 Å². The molecule has 2 rings (SSSR count). The summed E-state index contributed by atoms with van der Waals surface area (Å²) in [5.41, 5.74) is 0. The average Bonchev–Trinajstić information content (AvgIpc) is 2.67. The van der Waals surface area contributed by atoms with E-state index in [4.69, 9.17) is 4.74 Å². The van der Waals surface area contributed by atoms with Crippen LogP contribution in [0.25, 0.3) is 0 Å². The minimum atomic E-state index is 0.826. The standard InChI is InChI=1S/C13H25NO/c1-11(2)13-4-3-7-14(13)10-12-5-8-15-9-6-12/h11-13H,3-10H2,1-2H3. The van der Waals surface area contributed by atoms with Crippen molar-refractivity contribution in [2.24, 2.45) is 11.8 Å². The minimum absolute atomic E-state index is 0.826. The lowest BCUT2D eigenvalue weighted by Gasteiger charge is -2.32. The van der Waals surface area contributed by atoms with Crippen molar-refractivity contribution in [3.8, 4) is 0 Å². The number of rotatable bonds is 3. The highest BCUT2D eigenvalue weighted by Gasteiger charge is 2.29. The Morgan fingerprint density at radius 3 is 2.60 bits per heavy atom. The Bertz CT molecular complexity index is 187. The lowest BCUT2D eigenvalue weighted by Crippen LogP contribution is -2.38. The first-order valence-corrected chi connectivity index (χ1v) is 6.59. The number of hydrogen-bond acceptors (Lipinski definition) is 2. The van der Waals surface area contributed by atoms with Gasteiger partial charge in [-0.3, -0.25) is 4.90 Å². The molecule has 0 saturated carbocycles. The van der Waals surface area contributed by atoms with E-state index in [1.165, 1.54) is 38.8 Å². The van der Waals surface area contributed by atoms with E-state index < -0.39 is 0 Å². The first-order valence-electron chi connectivity index (χ1n) is 6.59.